The number of hydrogen-bond acceptors (Lipinski definition) is 0. The molecule has 3 aromatic rings. The van der Waals surface area contributed by atoms with Crippen molar-refractivity contribution >= 4 is 18.9 Å². The van der Waals surface area contributed by atoms with Crippen molar-refractivity contribution in [1.29, 1.82) is 0 Å². The Labute approximate surface area is 95.8 Å². The molecule has 0 fully saturated rings. The first-order chi connectivity index (χ1) is 7.86. The molecule has 74 valence electrons. The molecule has 0 aliphatic heterocycles. The molecule has 0 bridgehead atoms. The van der Waals surface area contributed by atoms with E-state index in [0.717, 1.165) is 16.8 Å². The first kappa shape index (κ1) is 9.28. The summed E-state index contributed by atoms with van der Waals surface area (Å²) in [6.45, 7) is 0. The number of fused-ring (bicyclic) bond motifs is 1. The maximum atomic E-state index is 6.09. The van der Waals surface area contributed by atoms with Gasteiger partial charge in [0.15, 0.2) is 0 Å². The van der Waals surface area contributed by atoms with Gasteiger partial charge in [-0.3, -0.25) is 0 Å². The Hall–Kier alpha value is -1.96. The van der Waals surface area contributed by atoms with Crippen LogP contribution in [0.4, 0.5) is 0 Å². The van der Waals surface area contributed by atoms with Gasteiger partial charge in [-0.2, -0.15) is 0 Å². The van der Waals surface area contributed by atoms with E-state index >= 15 is 0 Å². The zero-order valence-electron chi connectivity index (χ0n) is 8.80. The predicted molar refractivity (Wildman–Crippen MR) is 68.5 cm³/mol. The summed E-state index contributed by atoms with van der Waals surface area (Å²) in [6.07, 6.45) is 0. The summed E-state index contributed by atoms with van der Waals surface area (Å²) < 4.78 is 1.74. The quantitative estimate of drug-likeness (QED) is 0.535. The number of hydrogen-bond donors (Lipinski definition) is 0. The van der Waals surface area contributed by atoms with Crippen molar-refractivity contribution in [3.05, 3.63) is 60.7 Å². The molecule has 0 atom stereocenters. The van der Waals surface area contributed by atoms with Gasteiger partial charge in [0.25, 0.3) is 0 Å². The van der Waals surface area contributed by atoms with Crippen LogP contribution in [0.2, 0.25) is 0 Å². The third-order valence-electron chi connectivity index (χ3n) is 2.82. The summed E-state index contributed by atoms with van der Waals surface area (Å²) in [5.41, 5.74) is 3.24. The highest BCUT2D eigenvalue weighted by Gasteiger charge is 2.05. The Kier molecular flexibility index (Phi) is 2.07. The molecule has 1 aromatic heterocycles. The van der Waals surface area contributed by atoms with Crippen molar-refractivity contribution in [3.63, 3.8) is 0 Å². The lowest BCUT2D eigenvalue weighted by Crippen LogP contribution is -1.93. The Morgan fingerprint density at radius 1 is 0.812 bits per heavy atom. The van der Waals surface area contributed by atoms with Gasteiger partial charge >= 0.3 is 0 Å². The fourth-order valence-electron chi connectivity index (χ4n) is 2.01. The number of benzene rings is 2. The molecule has 0 N–H and O–H groups in total. The van der Waals surface area contributed by atoms with Gasteiger partial charge in [0, 0.05) is 11.2 Å². The van der Waals surface area contributed by atoms with Crippen molar-refractivity contribution < 1.29 is 0 Å². The number of para-hydroxylation sites is 1. The van der Waals surface area contributed by atoms with Gasteiger partial charge < -0.3 is 4.48 Å². The van der Waals surface area contributed by atoms with Crippen LogP contribution in [0.3, 0.4) is 0 Å². The molecule has 0 saturated carbocycles. The molecule has 16 heavy (non-hydrogen) atoms. The smallest absolute Gasteiger partial charge is 0.234 e. The second-order valence-electron chi connectivity index (χ2n) is 3.82. The van der Waals surface area contributed by atoms with Crippen LogP contribution in [0.25, 0.3) is 22.2 Å². The molecule has 0 amide bonds. The summed E-state index contributed by atoms with van der Waals surface area (Å²) in [4.78, 5) is 0. The summed E-state index contributed by atoms with van der Waals surface area (Å²) in [5, 5.41) is 1.17. The molecule has 0 saturated heterocycles. The van der Waals surface area contributed by atoms with Crippen molar-refractivity contribution in [1.82, 2.24) is 4.48 Å². The fraction of sp³-hybridized carbons (Fsp3) is 0. The summed E-state index contributed by atoms with van der Waals surface area (Å²) in [6, 6.07) is 20.4. The summed E-state index contributed by atoms with van der Waals surface area (Å²) in [5.74, 6) is 0. The van der Waals surface area contributed by atoms with E-state index in [4.69, 9.17) is 7.98 Å². The van der Waals surface area contributed by atoms with Gasteiger partial charge in [0.1, 0.15) is 0 Å². The SMILES string of the molecule is [B]n1c(-c2ccccc2)cc2ccccc21. The van der Waals surface area contributed by atoms with E-state index in [1.54, 1.807) is 4.48 Å². The molecule has 0 aliphatic rings. The van der Waals surface area contributed by atoms with E-state index in [-0.39, 0.29) is 0 Å². The normalized spacial score (nSPS) is 10.8. The topological polar surface area (TPSA) is 4.93 Å². The Morgan fingerprint density at radius 3 is 2.25 bits per heavy atom. The van der Waals surface area contributed by atoms with E-state index in [9.17, 15) is 0 Å². The highest BCUT2D eigenvalue weighted by Crippen LogP contribution is 2.26. The van der Waals surface area contributed by atoms with Crippen LogP contribution in [-0.2, 0) is 0 Å². The molecule has 2 aromatic carbocycles. The zero-order valence-corrected chi connectivity index (χ0v) is 8.80. The second-order valence-corrected chi connectivity index (χ2v) is 3.82. The highest BCUT2D eigenvalue weighted by atomic mass is 14.9. The molecule has 0 aliphatic carbocycles. The molecule has 2 radical (unpaired) electrons. The van der Waals surface area contributed by atoms with E-state index in [0.29, 0.717) is 0 Å². The van der Waals surface area contributed by atoms with E-state index in [2.05, 4.69) is 24.3 Å². The monoisotopic (exact) mass is 203 g/mol. The number of nitrogens with zero attached hydrogens (tertiary/aromatic N) is 1. The minimum Gasteiger partial charge on any atom is -0.397 e. The Morgan fingerprint density at radius 2 is 1.50 bits per heavy atom. The van der Waals surface area contributed by atoms with Crippen LogP contribution in [0.5, 0.6) is 0 Å². The first-order valence-electron chi connectivity index (χ1n) is 5.27. The summed E-state index contributed by atoms with van der Waals surface area (Å²) >= 11 is 0. The van der Waals surface area contributed by atoms with Gasteiger partial charge in [0.2, 0.25) is 7.98 Å². The molecular weight excluding hydrogens is 193 g/mol. The fourth-order valence-corrected chi connectivity index (χ4v) is 2.01. The average Bonchev–Trinajstić information content (AvgIpc) is 2.69. The number of rotatable bonds is 1. The van der Waals surface area contributed by atoms with Gasteiger partial charge in [0.05, 0.1) is 0 Å². The second kappa shape index (κ2) is 3.56. The van der Waals surface area contributed by atoms with E-state index < -0.39 is 0 Å². The molecule has 1 heterocycles. The molecule has 1 nitrogen and oxygen atoms in total. The largest absolute Gasteiger partial charge is 0.397 e. The molecule has 3 rings (SSSR count). The van der Waals surface area contributed by atoms with Gasteiger partial charge in [-0.05, 0) is 23.1 Å². The maximum absolute atomic E-state index is 6.09. The Balaban J connectivity index is 2.29. The maximum Gasteiger partial charge on any atom is 0.234 e. The molecule has 0 unspecified atom stereocenters. The van der Waals surface area contributed by atoms with Crippen molar-refractivity contribution in [2.75, 3.05) is 0 Å². The lowest BCUT2D eigenvalue weighted by atomic mass is 10.1. The van der Waals surface area contributed by atoms with E-state index in [1.807, 2.05) is 36.4 Å². The standard InChI is InChI=1S/C14H10BN/c15-16-13-9-5-4-8-12(13)10-14(16)11-6-2-1-3-7-11/h1-10H. The molecular formula is C14H10BN. The minimum atomic E-state index is 1.04. The Bertz CT molecular complexity index is 626. The zero-order chi connectivity index (χ0) is 11.0. The third kappa shape index (κ3) is 1.35. The first-order valence-corrected chi connectivity index (χ1v) is 5.27. The molecule has 2 heteroatoms. The van der Waals surface area contributed by atoms with Crippen LogP contribution in [0.1, 0.15) is 0 Å². The van der Waals surface area contributed by atoms with Crippen molar-refractivity contribution in [2.24, 2.45) is 0 Å². The van der Waals surface area contributed by atoms with Crippen LogP contribution < -0.4 is 0 Å². The lowest BCUT2D eigenvalue weighted by Gasteiger charge is -2.04. The highest BCUT2D eigenvalue weighted by molar-refractivity contribution is 6.14. The van der Waals surface area contributed by atoms with Crippen molar-refractivity contribution in [3.8, 4) is 11.3 Å². The van der Waals surface area contributed by atoms with Crippen LogP contribution in [0, 0.1) is 0 Å². The van der Waals surface area contributed by atoms with Crippen LogP contribution in [0.15, 0.2) is 60.7 Å². The molecule has 0 spiro atoms. The average molecular weight is 203 g/mol. The summed E-state index contributed by atoms with van der Waals surface area (Å²) in [7, 11) is 6.09. The number of aromatic nitrogens is 1. The van der Waals surface area contributed by atoms with E-state index in [1.165, 1.54) is 5.39 Å². The minimum absolute atomic E-state index is 1.04. The lowest BCUT2D eigenvalue weighted by molar-refractivity contribution is 1.32. The van der Waals surface area contributed by atoms with Gasteiger partial charge in [-0.15, -0.1) is 0 Å². The predicted octanol–water partition coefficient (Wildman–Crippen LogP) is 3.24. The third-order valence-corrected chi connectivity index (χ3v) is 2.82. The van der Waals surface area contributed by atoms with Gasteiger partial charge in [-0.1, -0.05) is 48.5 Å². The van der Waals surface area contributed by atoms with Gasteiger partial charge in [-0.25, -0.2) is 0 Å². The van der Waals surface area contributed by atoms with Crippen molar-refractivity contribution in [2.45, 2.75) is 0 Å². The van der Waals surface area contributed by atoms with Crippen LogP contribution >= 0.6 is 0 Å². The van der Waals surface area contributed by atoms with Crippen LogP contribution in [-0.4, -0.2) is 12.5 Å².